The lowest BCUT2D eigenvalue weighted by Gasteiger charge is -2.27. The van der Waals surface area contributed by atoms with Crippen LogP contribution in [0, 0.1) is 0 Å². The average molecular weight is 443 g/mol. The highest BCUT2D eigenvalue weighted by molar-refractivity contribution is 6.23. The molecule has 1 aliphatic carbocycles. The lowest BCUT2D eigenvalue weighted by atomic mass is 9.98. The van der Waals surface area contributed by atoms with Crippen molar-refractivity contribution < 1.29 is 28.7 Å². The molecule has 4 amide bonds. The minimum absolute atomic E-state index is 0.101. The maximum Gasteiger partial charge on any atom is 0.262 e. The minimum atomic E-state index is -0.958. The van der Waals surface area contributed by atoms with Gasteiger partial charge in [-0.25, -0.2) is 0 Å². The second kappa shape index (κ2) is 10.3. The third-order valence-corrected chi connectivity index (χ3v) is 6.37. The van der Waals surface area contributed by atoms with Crippen molar-refractivity contribution in [2.45, 2.75) is 76.4 Å². The highest BCUT2D eigenvalue weighted by Crippen LogP contribution is 2.30. The van der Waals surface area contributed by atoms with E-state index in [0.717, 1.165) is 30.8 Å². The van der Waals surface area contributed by atoms with Gasteiger partial charge in [-0.2, -0.15) is 0 Å². The van der Waals surface area contributed by atoms with Crippen molar-refractivity contribution in [2.24, 2.45) is 0 Å². The maximum absolute atomic E-state index is 12.8. The number of hydrogen-bond acceptors (Lipinski definition) is 6. The number of imide groups is 2. The quantitative estimate of drug-likeness (QED) is 0.466. The highest BCUT2D eigenvalue weighted by atomic mass is 16.5. The number of carbonyl (C=O) groups is 4. The molecule has 1 aromatic rings. The van der Waals surface area contributed by atoms with Crippen LogP contribution in [0.15, 0.2) is 18.2 Å². The van der Waals surface area contributed by atoms with Gasteiger partial charge in [-0.05, 0) is 56.7 Å². The fraction of sp³-hybridized carbons (Fsp3) is 0.583. The highest BCUT2D eigenvalue weighted by Gasteiger charge is 2.44. The monoisotopic (exact) mass is 442 g/mol. The number of benzene rings is 1. The van der Waals surface area contributed by atoms with E-state index in [9.17, 15) is 19.2 Å². The molecule has 1 aromatic carbocycles. The Morgan fingerprint density at radius 3 is 2.41 bits per heavy atom. The molecule has 1 atom stereocenters. The molecule has 1 unspecified atom stereocenters. The lowest BCUT2D eigenvalue weighted by molar-refractivity contribution is -0.136. The first-order valence-electron chi connectivity index (χ1n) is 11.6. The van der Waals surface area contributed by atoms with Crippen LogP contribution in [0.4, 0.5) is 0 Å². The van der Waals surface area contributed by atoms with Crippen molar-refractivity contribution in [3.63, 3.8) is 0 Å². The van der Waals surface area contributed by atoms with E-state index in [0.29, 0.717) is 18.5 Å². The summed E-state index contributed by atoms with van der Waals surface area (Å²) in [7, 11) is 0. The topological polar surface area (TPSA) is 102 Å². The Morgan fingerprint density at radius 2 is 1.62 bits per heavy atom. The first-order valence-corrected chi connectivity index (χ1v) is 11.6. The van der Waals surface area contributed by atoms with E-state index < -0.39 is 23.8 Å². The Bertz CT molecular complexity index is 892. The summed E-state index contributed by atoms with van der Waals surface area (Å²) in [5, 5.41) is 2.20. The molecule has 8 nitrogen and oxygen atoms in total. The molecule has 0 aromatic heterocycles. The predicted octanol–water partition coefficient (Wildman–Crippen LogP) is 2.99. The molecular weight excluding hydrogens is 412 g/mol. The lowest BCUT2D eigenvalue weighted by Crippen LogP contribution is -2.54. The fourth-order valence-electron chi connectivity index (χ4n) is 4.59. The number of nitrogens with one attached hydrogen (secondary N) is 1. The molecule has 2 heterocycles. The standard InChI is InChI=1S/C24H30N2O6/c27-21-12-11-20(22(28)25-21)26-23(29)18-10-9-17(15-19(18)24(26)30)32-14-6-2-5-13-31-16-7-3-1-4-8-16/h9-10,15-16,20H,1-8,11-14H2,(H,25,27,28). The molecule has 1 N–H and O–H groups in total. The molecule has 0 spiro atoms. The Labute approximate surface area is 187 Å². The number of nitrogens with zero attached hydrogens (tertiary/aromatic N) is 1. The molecule has 0 bridgehead atoms. The number of amides is 4. The zero-order valence-electron chi connectivity index (χ0n) is 18.3. The third kappa shape index (κ3) is 5.01. The molecule has 1 saturated carbocycles. The number of ether oxygens (including phenoxy) is 2. The van der Waals surface area contributed by atoms with Gasteiger partial charge >= 0.3 is 0 Å². The summed E-state index contributed by atoms with van der Waals surface area (Å²) in [6.45, 7) is 1.30. The number of rotatable bonds is 9. The summed E-state index contributed by atoms with van der Waals surface area (Å²) in [6, 6.07) is 3.84. The first-order chi connectivity index (χ1) is 15.5. The molecule has 172 valence electrons. The van der Waals surface area contributed by atoms with Crippen LogP contribution < -0.4 is 10.1 Å². The predicted molar refractivity (Wildman–Crippen MR) is 115 cm³/mol. The Kier molecular flexibility index (Phi) is 7.19. The fourth-order valence-corrected chi connectivity index (χ4v) is 4.59. The van der Waals surface area contributed by atoms with Crippen molar-refractivity contribution in [3.05, 3.63) is 29.3 Å². The van der Waals surface area contributed by atoms with E-state index in [1.54, 1.807) is 18.2 Å². The maximum atomic E-state index is 12.8. The van der Waals surface area contributed by atoms with E-state index in [-0.39, 0.29) is 29.9 Å². The van der Waals surface area contributed by atoms with Gasteiger partial charge in [0, 0.05) is 13.0 Å². The van der Waals surface area contributed by atoms with Gasteiger partial charge in [0.25, 0.3) is 11.8 Å². The van der Waals surface area contributed by atoms with Crippen molar-refractivity contribution in [1.82, 2.24) is 10.2 Å². The molecule has 8 heteroatoms. The molecular formula is C24H30N2O6. The van der Waals surface area contributed by atoms with Gasteiger partial charge in [0.15, 0.2) is 0 Å². The molecule has 32 heavy (non-hydrogen) atoms. The summed E-state index contributed by atoms with van der Waals surface area (Å²) >= 11 is 0. The van der Waals surface area contributed by atoms with Gasteiger partial charge in [0.05, 0.1) is 23.8 Å². The third-order valence-electron chi connectivity index (χ3n) is 6.37. The van der Waals surface area contributed by atoms with Crippen LogP contribution in [0.3, 0.4) is 0 Å². The smallest absolute Gasteiger partial charge is 0.262 e. The van der Waals surface area contributed by atoms with Crippen molar-refractivity contribution in [1.29, 1.82) is 0 Å². The summed E-state index contributed by atoms with van der Waals surface area (Å²) < 4.78 is 11.7. The number of hydrogen-bond donors (Lipinski definition) is 1. The summed E-state index contributed by atoms with van der Waals surface area (Å²) in [5.41, 5.74) is 0.491. The summed E-state index contributed by atoms with van der Waals surface area (Å²) in [4.78, 5) is 50.0. The Hall–Kier alpha value is -2.74. The zero-order valence-corrected chi connectivity index (χ0v) is 18.3. The molecule has 2 aliphatic heterocycles. The molecule has 0 radical (unpaired) electrons. The van der Waals surface area contributed by atoms with Crippen LogP contribution >= 0.6 is 0 Å². The number of carbonyl (C=O) groups excluding carboxylic acids is 4. The molecule has 2 fully saturated rings. The minimum Gasteiger partial charge on any atom is -0.494 e. The number of piperidine rings is 1. The van der Waals surface area contributed by atoms with Gasteiger partial charge in [0.2, 0.25) is 11.8 Å². The van der Waals surface area contributed by atoms with Crippen molar-refractivity contribution >= 4 is 23.6 Å². The van der Waals surface area contributed by atoms with Gasteiger partial charge in [-0.3, -0.25) is 29.4 Å². The normalized spacial score (nSPS) is 21.6. The number of unbranched alkanes of at least 4 members (excludes halogenated alkanes) is 2. The van der Waals surface area contributed by atoms with Crippen LogP contribution in [0.5, 0.6) is 5.75 Å². The summed E-state index contributed by atoms with van der Waals surface area (Å²) in [5.74, 6) is -1.51. The number of fused-ring (bicyclic) bond motifs is 1. The van der Waals surface area contributed by atoms with E-state index in [4.69, 9.17) is 9.47 Å². The van der Waals surface area contributed by atoms with E-state index in [1.807, 2.05) is 0 Å². The van der Waals surface area contributed by atoms with Crippen molar-refractivity contribution in [2.75, 3.05) is 13.2 Å². The Morgan fingerprint density at radius 1 is 0.875 bits per heavy atom. The average Bonchev–Trinajstić information content (AvgIpc) is 3.04. The van der Waals surface area contributed by atoms with Crippen LogP contribution in [0.1, 0.15) is 84.9 Å². The Balaban J connectivity index is 1.24. The molecule has 1 saturated heterocycles. The second-order valence-corrected chi connectivity index (χ2v) is 8.69. The SMILES string of the molecule is O=C1CCC(N2C(=O)c3ccc(OCCCCCOC4CCCCC4)cc3C2=O)C(=O)N1. The van der Waals surface area contributed by atoms with Gasteiger partial charge in [-0.15, -0.1) is 0 Å². The zero-order chi connectivity index (χ0) is 22.5. The van der Waals surface area contributed by atoms with Crippen LogP contribution in [-0.4, -0.2) is 53.9 Å². The van der Waals surface area contributed by atoms with Gasteiger partial charge in [0.1, 0.15) is 11.8 Å². The van der Waals surface area contributed by atoms with E-state index >= 15 is 0 Å². The van der Waals surface area contributed by atoms with Crippen LogP contribution in [0.25, 0.3) is 0 Å². The van der Waals surface area contributed by atoms with E-state index in [2.05, 4.69) is 5.32 Å². The second-order valence-electron chi connectivity index (χ2n) is 8.69. The molecule has 3 aliphatic rings. The van der Waals surface area contributed by atoms with Gasteiger partial charge in [-0.1, -0.05) is 19.3 Å². The first kappa shape index (κ1) is 22.5. The van der Waals surface area contributed by atoms with Crippen LogP contribution in [-0.2, 0) is 14.3 Å². The van der Waals surface area contributed by atoms with Crippen LogP contribution in [0.2, 0.25) is 0 Å². The molecule has 4 rings (SSSR count). The summed E-state index contributed by atoms with van der Waals surface area (Å²) in [6.07, 6.45) is 9.80. The van der Waals surface area contributed by atoms with Crippen molar-refractivity contribution in [3.8, 4) is 5.75 Å². The van der Waals surface area contributed by atoms with Gasteiger partial charge < -0.3 is 9.47 Å². The largest absolute Gasteiger partial charge is 0.494 e. The van der Waals surface area contributed by atoms with E-state index in [1.165, 1.54) is 32.1 Å².